The van der Waals surface area contributed by atoms with Crippen molar-refractivity contribution in [2.45, 2.75) is 24.3 Å². The lowest BCUT2D eigenvalue weighted by atomic mass is 10.1. The summed E-state index contributed by atoms with van der Waals surface area (Å²) in [5.41, 5.74) is 1.34. The molecule has 19 heavy (non-hydrogen) atoms. The summed E-state index contributed by atoms with van der Waals surface area (Å²) >= 11 is 1.63. The van der Waals surface area contributed by atoms with Crippen molar-refractivity contribution in [3.63, 3.8) is 0 Å². The zero-order valence-electron chi connectivity index (χ0n) is 10.7. The van der Waals surface area contributed by atoms with E-state index in [1.807, 2.05) is 6.92 Å². The SMILES string of the molecule is CC(CCO)SCc1cc(F)cc(C=CC(=O)O)c1. The minimum Gasteiger partial charge on any atom is -0.478 e. The number of carboxylic acid groups (broad SMARTS) is 1. The largest absolute Gasteiger partial charge is 0.478 e. The first-order valence-electron chi connectivity index (χ1n) is 5.94. The molecule has 1 atom stereocenters. The van der Waals surface area contributed by atoms with Crippen molar-refractivity contribution in [3.05, 3.63) is 41.2 Å². The number of benzene rings is 1. The summed E-state index contributed by atoms with van der Waals surface area (Å²) in [6, 6.07) is 4.50. The molecule has 0 aromatic heterocycles. The molecule has 2 N–H and O–H groups in total. The summed E-state index contributed by atoms with van der Waals surface area (Å²) in [7, 11) is 0. The molecule has 0 aliphatic heterocycles. The van der Waals surface area contributed by atoms with E-state index in [9.17, 15) is 9.18 Å². The molecule has 104 valence electrons. The molecule has 0 aliphatic carbocycles. The molecule has 1 rings (SSSR count). The molecule has 0 heterocycles. The van der Waals surface area contributed by atoms with Gasteiger partial charge in [-0.1, -0.05) is 13.0 Å². The monoisotopic (exact) mass is 284 g/mol. The number of hydrogen-bond acceptors (Lipinski definition) is 3. The van der Waals surface area contributed by atoms with Crippen LogP contribution in [0, 0.1) is 5.82 Å². The van der Waals surface area contributed by atoms with Crippen LogP contribution in [0.2, 0.25) is 0 Å². The Morgan fingerprint density at radius 3 is 2.84 bits per heavy atom. The van der Waals surface area contributed by atoms with Gasteiger partial charge in [0.1, 0.15) is 5.82 Å². The van der Waals surface area contributed by atoms with Crippen LogP contribution in [0.5, 0.6) is 0 Å². The fourth-order valence-corrected chi connectivity index (χ4v) is 2.44. The molecule has 0 bridgehead atoms. The van der Waals surface area contributed by atoms with Crippen molar-refractivity contribution in [1.82, 2.24) is 0 Å². The fourth-order valence-electron chi connectivity index (χ4n) is 1.53. The standard InChI is InChI=1S/C14H17FO3S/c1-10(4-5-16)19-9-12-6-11(2-3-14(17)18)7-13(15)8-12/h2-3,6-8,10,16H,4-5,9H2,1H3,(H,17,18). The summed E-state index contributed by atoms with van der Waals surface area (Å²) in [5, 5.41) is 17.6. The molecule has 5 heteroatoms. The topological polar surface area (TPSA) is 57.5 Å². The van der Waals surface area contributed by atoms with Gasteiger partial charge in [0, 0.05) is 23.7 Å². The van der Waals surface area contributed by atoms with Crippen LogP contribution in [0.25, 0.3) is 6.08 Å². The summed E-state index contributed by atoms with van der Waals surface area (Å²) in [4.78, 5) is 10.4. The summed E-state index contributed by atoms with van der Waals surface area (Å²) < 4.78 is 13.4. The first kappa shape index (κ1) is 15.7. The lowest BCUT2D eigenvalue weighted by Gasteiger charge is -2.09. The van der Waals surface area contributed by atoms with E-state index < -0.39 is 5.97 Å². The average Bonchev–Trinajstić information content (AvgIpc) is 2.34. The highest BCUT2D eigenvalue weighted by atomic mass is 32.2. The first-order chi connectivity index (χ1) is 9.01. The fraction of sp³-hybridized carbons (Fsp3) is 0.357. The third-order valence-electron chi connectivity index (χ3n) is 2.47. The van der Waals surface area contributed by atoms with E-state index >= 15 is 0 Å². The van der Waals surface area contributed by atoms with Crippen LogP contribution in [0.4, 0.5) is 4.39 Å². The highest BCUT2D eigenvalue weighted by Gasteiger charge is 2.04. The number of carboxylic acids is 1. The number of carbonyl (C=O) groups is 1. The average molecular weight is 284 g/mol. The van der Waals surface area contributed by atoms with Crippen LogP contribution < -0.4 is 0 Å². The molecule has 1 unspecified atom stereocenters. The second-order valence-corrected chi connectivity index (χ2v) is 5.63. The smallest absolute Gasteiger partial charge is 0.328 e. The molecule has 0 fully saturated rings. The minimum absolute atomic E-state index is 0.143. The van der Waals surface area contributed by atoms with Crippen LogP contribution in [0.3, 0.4) is 0 Å². The second kappa shape index (κ2) is 7.96. The summed E-state index contributed by atoms with van der Waals surface area (Å²) in [5.74, 6) is -0.804. The Labute approximate surface area is 116 Å². The van der Waals surface area contributed by atoms with Crippen molar-refractivity contribution < 1.29 is 19.4 Å². The van der Waals surface area contributed by atoms with Gasteiger partial charge in [-0.05, 0) is 35.8 Å². The van der Waals surface area contributed by atoms with Gasteiger partial charge in [0.15, 0.2) is 0 Å². The molecular formula is C14H17FO3S. The Kier molecular flexibility index (Phi) is 6.59. The predicted octanol–water partition coefficient (Wildman–Crippen LogP) is 2.93. The molecule has 1 aromatic carbocycles. The second-order valence-electron chi connectivity index (χ2n) is 4.20. The van der Waals surface area contributed by atoms with E-state index in [0.29, 0.717) is 23.0 Å². The molecule has 0 aliphatic rings. The molecule has 0 spiro atoms. The zero-order valence-corrected chi connectivity index (χ0v) is 11.5. The molecular weight excluding hydrogens is 267 g/mol. The Balaban J connectivity index is 2.71. The highest BCUT2D eigenvalue weighted by Crippen LogP contribution is 2.21. The van der Waals surface area contributed by atoms with Gasteiger partial charge in [0.05, 0.1) is 0 Å². The van der Waals surface area contributed by atoms with Gasteiger partial charge in [-0.25, -0.2) is 9.18 Å². The summed E-state index contributed by atoms with van der Waals surface area (Å²) in [6.45, 7) is 2.15. The Morgan fingerprint density at radius 1 is 1.47 bits per heavy atom. The zero-order chi connectivity index (χ0) is 14.3. The third-order valence-corrected chi connectivity index (χ3v) is 3.77. The van der Waals surface area contributed by atoms with E-state index in [4.69, 9.17) is 10.2 Å². The van der Waals surface area contributed by atoms with Gasteiger partial charge in [0.2, 0.25) is 0 Å². The Bertz CT molecular complexity index is 460. The maximum Gasteiger partial charge on any atom is 0.328 e. The van der Waals surface area contributed by atoms with Gasteiger partial charge < -0.3 is 10.2 Å². The van der Waals surface area contributed by atoms with Crippen LogP contribution in [-0.4, -0.2) is 28.0 Å². The Morgan fingerprint density at radius 2 is 2.21 bits per heavy atom. The van der Waals surface area contributed by atoms with Crippen molar-refractivity contribution >= 4 is 23.8 Å². The summed E-state index contributed by atoms with van der Waals surface area (Å²) in [6.07, 6.45) is 3.06. The van der Waals surface area contributed by atoms with Gasteiger partial charge in [0.25, 0.3) is 0 Å². The van der Waals surface area contributed by atoms with E-state index in [1.165, 1.54) is 18.2 Å². The lowest BCUT2D eigenvalue weighted by Crippen LogP contribution is -2.00. The lowest BCUT2D eigenvalue weighted by molar-refractivity contribution is -0.131. The first-order valence-corrected chi connectivity index (χ1v) is 6.99. The van der Waals surface area contributed by atoms with Crippen molar-refractivity contribution in [3.8, 4) is 0 Å². The van der Waals surface area contributed by atoms with Gasteiger partial charge in [-0.2, -0.15) is 11.8 Å². The van der Waals surface area contributed by atoms with Gasteiger partial charge in [-0.3, -0.25) is 0 Å². The number of rotatable bonds is 7. The van der Waals surface area contributed by atoms with E-state index in [0.717, 1.165) is 11.6 Å². The number of aliphatic hydroxyl groups excluding tert-OH is 1. The number of aliphatic hydroxyl groups is 1. The highest BCUT2D eigenvalue weighted by molar-refractivity contribution is 7.99. The Hall–Kier alpha value is -1.33. The molecule has 0 saturated heterocycles. The number of halogens is 1. The van der Waals surface area contributed by atoms with Crippen molar-refractivity contribution in [1.29, 1.82) is 0 Å². The van der Waals surface area contributed by atoms with Crippen LogP contribution >= 0.6 is 11.8 Å². The molecule has 3 nitrogen and oxygen atoms in total. The molecule has 1 aromatic rings. The maximum absolute atomic E-state index is 13.4. The van der Waals surface area contributed by atoms with Gasteiger partial charge in [-0.15, -0.1) is 0 Å². The van der Waals surface area contributed by atoms with Crippen LogP contribution in [-0.2, 0) is 10.5 Å². The number of thioether (sulfide) groups is 1. The number of aliphatic carboxylic acids is 1. The number of hydrogen-bond donors (Lipinski definition) is 2. The van der Waals surface area contributed by atoms with E-state index in [1.54, 1.807) is 17.8 Å². The van der Waals surface area contributed by atoms with E-state index in [2.05, 4.69) is 0 Å². The third kappa shape index (κ3) is 6.40. The van der Waals surface area contributed by atoms with Crippen LogP contribution in [0.1, 0.15) is 24.5 Å². The quantitative estimate of drug-likeness (QED) is 0.756. The minimum atomic E-state index is -1.06. The van der Waals surface area contributed by atoms with Gasteiger partial charge >= 0.3 is 5.97 Å². The van der Waals surface area contributed by atoms with Crippen molar-refractivity contribution in [2.24, 2.45) is 0 Å². The normalized spacial score (nSPS) is 12.8. The molecule has 0 amide bonds. The molecule has 0 radical (unpaired) electrons. The maximum atomic E-state index is 13.4. The van der Waals surface area contributed by atoms with Crippen LogP contribution in [0.15, 0.2) is 24.3 Å². The van der Waals surface area contributed by atoms with E-state index in [-0.39, 0.29) is 12.4 Å². The molecule has 0 saturated carbocycles. The predicted molar refractivity (Wildman–Crippen MR) is 75.5 cm³/mol. The van der Waals surface area contributed by atoms with Crippen molar-refractivity contribution in [2.75, 3.05) is 6.61 Å².